The van der Waals surface area contributed by atoms with Crippen molar-refractivity contribution in [1.82, 2.24) is 29.4 Å². The fourth-order valence-electron chi connectivity index (χ4n) is 5.24. The summed E-state index contributed by atoms with van der Waals surface area (Å²) in [4.78, 5) is 19.8. The summed E-state index contributed by atoms with van der Waals surface area (Å²) in [6.07, 6.45) is 8.22. The molecule has 0 atom stereocenters. The second-order valence-electron chi connectivity index (χ2n) is 10.4. The Kier molecular flexibility index (Phi) is 8.46. The standard InChI is InChI=1S/C30H35F2N7O/c1-19(2)39-20(3)35-29-24(31)15-23(16-26(29)39)28-25(32)18-34-30(37-28)36-27-7-6-22(17-33-27)14-21-8-11-38(12-9-21)10-5-13-40-4/h6-7,14-19H,5,8-13H2,1-4H3,(H,33,34,36,37). The molecule has 1 saturated heterocycles. The number of nitrogens with one attached hydrogen (secondary N) is 1. The molecule has 0 bridgehead atoms. The van der Waals surface area contributed by atoms with Gasteiger partial charge in [-0.1, -0.05) is 11.6 Å². The Hall–Kier alpha value is -3.76. The number of imidazole rings is 1. The molecule has 10 heteroatoms. The van der Waals surface area contributed by atoms with Gasteiger partial charge in [-0.05, 0) is 69.9 Å². The molecule has 4 heterocycles. The first-order valence-corrected chi connectivity index (χ1v) is 13.7. The van der Waals surface area contributed by atoms with Crippen molar-refractivity contribution in [3.63, 3.8) is 0 Å². The lowest BCUT2D eigenvalue weighted by molar-refractivity contribution is 0.168. The average molecular weight is 548 g/mol. The first-order chi connectivity index (χ1) is 19.3. The molecule has 1 aliphatic rings. The van der Waals surface area contributed by atoms with Gasteiger partial charge in [0.2, 0.25) is 5.95 Å². The topological polar surface area (TPSA) is 81.0 Å². The van der Waals surface area contributed by atoms with Crippen molar-refractivity contribution in [2.24, 2.45) is 0 Å². The van der Waals surface area contributed by atoms with E-state index in [1.54, 1.807) is 19.4 Å². The normalized spacial score (nSPS) is 14.3. The summed E-state index contributed by atoms with van der Waals surface area (Å²) in [6, 6.07) is 6.87. The van der Waals surface area contributed by atoms with Crippen molar-refractivity contribution in [3.8, 4) is 11.3 Å². The van der Waals surface area contributed by atoms with E-state index in [1.807, 2.05) is 37.5 Å². The lowest BCUT2D eigenvalue weighted by atomic mass is 10.0. The number of halogens is 2. The van der Waals surface area contributed by atoms with Gasteiger partial charge in [0.15, 0.2) is 11.6 Å². The van der Waals surface area contributed by atoms with Gasteiger partial charge in [-0.25, -0.2) is 28.7 Å². The lowest BCUT2D eigenvalue weighted by Gasteiger charge is -2.28. The fourth-order valence-corrected chi connectivity index (χ4v) is 5.24. The van der Waals surface area contributed by atoms with Crippen LogP contribution in [0.5, 0.6) is 0 Å². The van der Waals surface area contributed by atoms with E-state index in [1.165, 1.54) is 11.6 Å². The van der Waals surface area contributed by atoms with Crippen LogP contribution in [-0.2, 0) is 4.74 Å². The summed E-state index contributed by atoms with van der Waals surface area (Å²) in [7, 11) is 1.74. The van der Waals surface area contributed by atoms with E-state index in [4.69, 9.17) is 4.74 Å². The second-order valence-corrected chi connectivity index (χ2v) is 10.4. The number of rotatable bonds is 9. The van der Waals surface area contributed by atoms with E-state index in [0.717, 1.165) is 57.3 Å². The maximum absolute atomic E-state index is 15.0. The molecule has 4 aromatic rings. The van der Waals surface area contributed by atoms with E-state index in [9.17, 15) is 8.78 Å². The molecule has 1 N–H and O–H groups in total. The van der Waals surface area contributed by atoms with Crippen LogP contribution < -0.4 is 5.32 Å². The quantitative estimate of drug-likeness (QED) is 0.246. The lowest BCUT2D eigenvalue weighted by Crippen LogP contribution is -2.32. The first-order valence-electron chi connectivity index (χ1n) is 13.7. The summed E-state index contributed by atoms with van der Waals surface area (Å²) in [5.41, 5.74) is 3.61. The minimum atomic E-state index is -0.642. The van der Waals surface area contributed by atoms with Gasteiger partial charge in [-0.2, -0.15) is 0 Å². The van der Waals surface area contributed by atoms with Crippen molar-refractivity contribution < 1.29 is 13.5 Å². The third kappa shape index (κ3) is 6.18. The number of hydrogen-bond acceptors (Lipinski definition) is 7. The number of aromatic nitrogens is 5. The predicted octanol–water partition coefficient (Wildman–Crippen LogP) is 6.32. The molecule has 8 nitrogen and oxygen atoms in total. The molecular formula is C30H35F2N7O. The summed E-state index contributed by atoms with van der Waals surface area (Å²) >= 11 is 0. The molecule has 5 rings (SSSR count). The number of fused-ring (bicyclic) bond motifs is 1. The molecule has 210 valence electrons. The molecule has 1 fully saturated rings. The number of anilines is 2. The number of aryl methyl sites for hydroxylation is 1. The molecule has 0 aliphatic carbocycles. The van der Waals surface area contributed by atoms with Crippen molar-refractivity contribution in [3.05, 3.63) is 65.3 Å². The second kappa shape index (κ2) is 12.2. The Morgan fingerprint density at radius 3 is 2.55 bits per heavy atom. The van der Waals surface area contributed by atoms with Crippen molar-refractivity contribution in [2.75, 3.05) is 38.7 Å². The Bertz CT molecular complexity index is 1510. The molecule has 0 radical (unpaired) electrons. The third-order valence-electron chi connectivity index (χ3n) is 7.18. The highest BCUT2D eigenvalue weighted by Gasteiger charge is 2.19. The molecule has 0 spiro atoms. The zero-order valence-corrected chi connectivity index (χ0v) is 23.4. The number of pyridine rings is 1. The Labute approximate surface area is 233 Å². The average Bonchev–Trinajstić information content (AvgIpc) is 3.28. The highest BCUT2D eigenvalue weighted by atomic mass is 19.1. The molecule has 1 aliphatic heterocycles. The number of likely N-dealkylation sites (tertiary alicyclic amines) is 1. The van der Waals surface area contributed by atoms with E-state index >= 15 is 0 Å². The summed E-state index contributed by atoms with van der Waals surface area (Å²) < 4.78 is 36.9. The minimum absolute atomic E-state index is 0.00220. The van der Waals surface area contributed by atoms with Gasteiger partial charge >= 0.3 is 0 Å². The van der Waals surface area contributed by atoms with Crippen LogP contribution in [0, 0.1) is 18.6 Å². The number of hydrogen-bond donors (Lipinski definition) is 1. The number of nitrogens with zero attached hydrogens (tertiary/aromatic N) is 6. The first kappa shape index (κ1) is 27.8. The van der Waals surface area contributed by atoms with Gasteiger partial charge < -0.3 is 19.5 Å². The van der Waals surface area contributed by atoms with Crippen LogP contribution in [0.25, 0.3) is 28.4 Å². The van der Waals surface area contributed by atoms with Gasteiger partial charge in [0.25, 0.3) is 0 Å². The highest BCUT2D eigenvalue weighted by molar-refractivity contribution is 5.83. The predicted molar refractivity (Wildman–Crippen MR) is 153 cm³/mol. The van der Waals surface area contributed by atoms with Crippen molar-refractivity contribution >= 4 is 28.9 Å². The van der Waals surface area contributed by atoms with Crippen LogP contribution in [0.1, 0.15) is 50.5 Å². The van der Waals surface area contributed by atoms with Crippen LogP contribution in [0.15, 0.2) is 42.2 Å². The van der Waals surface area contributed by atoms with E-state index in [0.29, 0.717) is 22.7 Å². The number of ether oxygens (including phenoxy) is 1. The zero-order chi connectivity index (χ0) is 28.2. The van der Waals surface area contributed by atoms with Gasteiger partial charge in [0.1, 0.15) is 22.9 Å². The van der Waals surface area contributed by atoms with E-state index in [2.05, 4.69) is 36.2 Å². The highest BCUT2D eigenvalue weighted by Crippen LogP contribution is 2.30. The summed E-state index contributed by atoms with van der Waals surface area (Å²) in [5, 5.41) is 3.04. The zero-order valence-electron chi connectivity index (χ0n) is 23.4. The van der Waals surface area contributed by atoms with Gasteiger partial charge in [0, 0.05) is 51.2 Å². The molecule has 0 unspecified atom stereocenters. The number of methoxy groups -OCH3 is 1. The van der Waals surface area contributed by atoms with Crippen molar-refractivity contribution in [2.45, 2.75) is 46.1 Å². The number of benzene rings is 1. The molecule has 0 amide bonds. The number of piperidine rings is 1. The largest absolute Gasteiger partial charge is 0.385 e. The van der Waals surface area contributed by atoms with E-state index in [-0.39, 0.29) is 23.2 Å². The maximum atomic E-state index is 15.0. The molecule has 40 heavy (non-hydrogen) atoms. The Balaban J connectivity index is 1.30. The smallest absolute Gasteiger partial charge is 0.229 e. The van der Waals surface area contributed by atoms with Crippen LogP contribution in [-0.4, -0.2) is 62.8 Å². The molecule has 0 saturated carbocycles. The van der Waals surface area contributed by atoms with Crippen LogP contribution in [0.4, 0.5) is 20.5 Å². The minimum Gasteiger partial charge on any atom is -0.385 e. The third-order valence-corrected chi connectivity index (χ3v) is 7.18. The Morgan fingerprint density at radius 1 is 1.05 bits per heavy atom. The Morgan fingerprint density at radius 2 is 1.85 bits per heavy atom. The monoisotopic (exact) mass is 547 g/mol. The van der Waals surface area contributed by atoms with Gasteiger partial charge in [-0.3, -0.25) is 0 Å². The summed E-state index contributed by atoms with van der Waals surface area (Å²) in [5.74, 6) is 0.231. The van der Waals surface area contributed by atoms with Crippen LogP contribution in [0.3, 0.4) is 0 Å². The maximum Gasteiger partial charge on any atom is 0.229 e. The van der Waals surface area contributed by atoms with E-state index < -0.39 is 11.6 Å². The van der Waals surface area contributed by atoms with Crippen molar-refractivity contribution in [1.29, 1.82) is 0 Å². The van der Waals surface area contributed by atoms with Gasteiger partial charge in [0.05, 0.1) is 11.7 Å². The van der Waals surface area contributed by atoms with Gasteiger partial charge in [-0.15, -0.1) is 0 Å². The molecule has 3 aromatic heterocycles. The fraction of sp³-hybridized carbons (Fsp3) is 0.400. The molecule has 1 aromatic carbocycles. The van der Waals surface area contributed by atoms with Crippen LogP contribution in [0.2, 0.25) is 0 Å². The molecular weight excluding hydrogens is 512 g/mol. The van der Waals surface area contributed by atoms with Crippen LogP contribution >= 0.6 is 0 Å². The summed E-state index contributed by atoms with van der Waals surface area (Å²) in [6.45, 7) is 9.81. The SMILES string of the molecule is COCCCN1CCC(=Cc2ccc(Nc3ncc(F)c(-c4cc(F)c5nc(C)n(C(C)C)c5c4)n3)nc2)CC1.